The summed E-state index contributed by atoms with van der Waals surface area (Å²) in [6, 6.07) is 15.0. The van der Waals surface area contributed by atoms with E-state index in [0.29, 0.717) is 19.5 Å². The van der Waals surface area contributed by atoms with Crippen molar-refractivity contribution >= 4 is 5.91 Å². The summed E-state index contributed by atoms with van der Waals surface area (Å²) >= 11 is 0. The van der Waals surface area contributed by atoms with E-state index in [-0.39, 0.29) is 5.91 Å². The zero-order valence-electron chi connectivity index (χ0n) is 12.3. The van der Waals surface area contributed by atoms with Crippen molar-refractivity contribution in [3.8, 4) is 0 Å². The van der Waals surface area contributed by atoms with Crippen molar-refractivity contribution in [1.82, 2.24) is 9.88 Å². The van der Waals surface area contributed by atoms with E-state index in [4.69, 9.17) is 5.73 Å². The van der Waals surface area contributed by atoms with Crippen molar-refractivity contribution in [3.05, 3.63) is 66.0 Å². The number of nitrogens with two attached hydrogens (primary N) is 1. The van der Waals surface area contributed by atoms with Gasteiger partial charge in [0, 0.05) is 12.7 Å². The summed E-state index contributed by atoms with van der Waals surface area (Å²) in [5, 5.41) is 0. The number of nitrogens with zero attached hydrogens (tertiary/aromatic N) is 2. The molecule has 0 spiro atoms. The van der Waals surface area contributed by atoms with Crippen LogP contribution in [0.5, 0.6) is 0 Å². The highest BCUT2D eigenvalue weighted by Gasteiger charge is 2.20. The molecule has 1 aromatic carbocycles. The second-order valence-corrected chi connectivity index (χ2v) is 4.97. The van der Waals surface area contributed by atoms with Crippen LogP contribution in [0.1, 0.15) is 18.2 Å². The van der Waals surface area contributed by atoms with Gasteiger partial charge in [-0.3, -0.25) is 9.78 Å². The minimum atomic E-state index is -0.518. The number of hydrogen-bond donors (Lipinski definition) is 1. The SMILES string of the molecule is CCN(Cc1ccccn1)C(=O)[C@@H](N)Cc1ccccc1. The van der Waals surface area contributed by atoms with Gasteiger partial charge in [-0.2, -0.15) is 0 Å². The largest absolute Gasteiger partial charge is 0.336 e. The molecule has 0 bridgehead atoms. The molecular formula is C17H21N3O. The van der Waals surface area contributed by atoms with Gasteiger partial charge >= 0.3 is 0 Å². The lowest BCUT2D eigenvalue weighted by Gasteiger charge is -2.24. The lowest BCUT2D eigenvalue weighted by atomic mass is 10.1. The van der Waals surface area contributed by atoms with Gasteiger partial charge in [0.2, 0.25) is 5.91 Å². The van der Waals surface area contributed by atoms with Gasteiger partial charge in [-0.1, -0.05) is 36.4 Å². The van der Waals surface area contributed by atoms with Gasteiger partial charge in [0.1, 0.15) is 0 Å². The van der Waals surface area contributed by atoms with Gasteiger partial charge in [-0.25, -0.2) is 0 Å². The molecule has 1 heterocycles. The maximum absolute atomic E-state index is 12.5. The number of benzene rings is 1. The van der Waals surface area contributed by atoms with Crippen molar-refractivity contribution in [2.75, 3.05) is 6.54 Å². The highest BCUT2D eigenvalue weighted by molar-refractivity contribution is 5.81. The first-order valence-corrected chi connectivity index (χ1v) is 7.19. The third-order valence-electron chi connectivity index (χ3n) is 3.39. The van der Waals surface area contributed by atoms with Crippen molar-refractivity contribution in [1.29, 1.82) is 0 Å². The van der Waals surface area contributed by atoms with Gasteiger partial charge in [0.25, 0.3) is 0 Å². The maximum Gasteiger partial charge on any atom is 0.240 e. The van der Waals surface area contributed by atoms with E-state index in [1.807, 2.05) is 55.5 Å². The van der Waals surface area contributed by atoms with Gasteiger partial charge in [0.15, 0.2) is 0 Å². The monoisotopic (exact) mass is 283 g/mol. The first-order chi connectivity index (χ1) is 10.2. The van der Waals surface area contributed by atoms with Crippen LogP contribution in [0.15, 0.2) is 54.7 Å². The predicted octanol–water partition coefficient (Wildman–Crippen LogP) is 2.00. The third kappa shape index (κ3) is 4.39. The van der Waals surface area contributed by atoms with Crippen LogP contribution in [0.4, 0.5) is 0 Å². The van der Waals surface area contributed by atoms with E-state index in [2.05, 4.69) is 4.98 Å². The number of pyridine rings is 1. The minimum absolute atomic E-state index is 0.0352. The van der Waals surface area contributed by atoms with Crippen LogP contribution < -0.4 is 5.73 Å². The molecule has 1 aromatic heterocycles. The average molecular weight is 283 g/mol. The van der Waals surface area contributed by atoms with Crippen LogP contribution >= 0.6 is 0 Å². The van der Waals surface area contributed by atoms with E-state index in [1.54, 1.807) is 11.1 Å². The first-order valence-electron chi connectivity index (χ1n) is 7.19. The zero-order valence-corrected chi connectivity index (χ0v) is 12.3. The van der Waals surface area contributed by atoms with Crippen LogP contribution in [0.3, 0.4) is 0 Å². The molecule has 0 aliphatic rings. The zero-order chi connectivity index (χ0) is 15.1. The summed E-state index contributed by atoms with van der Waals surface area (Å²) < 4.78 is 0. The molecule has 2 N–H and O–H groups in total. The standard InChI is InChI=1S/C17H21N3O/c1-2-20(13-15-10-6-7-11-19-15)17(21)16(18)12-14-8-4-3-5-9-14/h3-11,16H,2,12-13,18H2,1H3/t16-/m0/s1. The number of amides is 1. The summed E-state index contributed by atoms with van der Waals surface area (Å²) in [7, 11) is 0. The summed E-state index contributed by atoms with van der Waals surface area (Å²) in [6.07, 6.45) is 2.29. The fourth-order valence-corrected chi connectivity index (χ4v) is 2.22. The number of carbonyl (C=O) groups is 1. The Hall–Kier alpha value is -2.20. The number of aromatic nitrogens is 1. The third-order valence-corrected chi connectivity index (χ3v) is 3.39. The molecule has 0 aliphatic carbocycles. The highest BCUT2D eigenvalue weighted by atomic mass is 16.2. The molecule has 110 valence electrons. The van der Waals surface area contributed by atoms with E-state index < -0.39 is 6.04 Å². The number of likely N-dealkylation sites (N-methyl/N-ethyl adjacent to an activating group) is 1. The Balaban J connectivity index is 1.99. The van der Waals surface area contributed by atoms with Gasteiger partial charge in [0.05, 0.1) is 18.3 Å². The van der Waals surface area contributed by atoms with Crippen LogP contribution in [-0.4, -0.2) is 28.4 Å². The van der Waals surface area contributed by atoms with Crippen molar-refractivity contribution < 1.29 is 4.79 Å². The molecule has 2 rings (SSSR count). The molecule has 0 radical (unpaired) electrons. The molecule has 4 heteroatoms. The maximum atomic E-state index is 12.5. The quantitative estimate of drug-likeness (QED) is 0.882. The second-order valence-electron chi connectivity index (χ2n) is 4.97. The molecule has 0 fully saturated rings. The fraction of sp³-hybridized carbons (Fsp3) is 0.294. The topological polar surface area (TPSA) is 59.2 Å². The Bertz CT molecular complexity index is 557. The van der Waals surface area contributed by atoms with Crippen LogP contribution in [0.2, 0.25) is 0 Å². The smallest absolute Gasteiger partial charge is 0.240 e. The summed E-state index contributed by atoms with van der Waals surface area (Å²) in [6.45, 7) is 3.08. The van der Waals surface area contributed by atoms with Crippen molar-refractivity contribution in [2.24, 2.45) is 5.73 Å². The minimum Gasteiger partial charge on any atom is -0.336 e. The number of hydrogen-bond acceptors (Lipinski definition) is 3. The summed E-state index contributed by atoms with van der Waals surface area (Å²) in [5.41, 5.74) is 8.02. The summed E-state index contributed by atoms with van der Waals surface area (Å²) in [5.74, 6) is -0.0352. The predicted molar refractivity (Wildman–Crippen MR) is 83.4 cm³/mol. The van der Waals surface area contributed by atoms with E-state index in [9.17, 15) is 4.79 Å². The van der Waals surface area contributed by atoms with Crippen molar-refractivity contribution in [2.45, 2.75) is 25.9 Å². The first kappa shape index (κ1) is 15.2. The molecule has 4 nitrogen and oxygen atoms in total. The molecule has 1 amide bonds. The number of carbonyl (C=O) groups excluding carboxylic acids is 1. The van der Waals surface area contributed by atoms with Crippen LogP contribution in [-0.2, 0) is 17.8 Å². The van der Waals surface area contributed by atoms with Gasteiger partial charge in [-0.05, 0) is 31.0 Å². The Morgan fingerprint density at radius 3 is 2.52 bits per heavy atom. The van der Waals surface area contributed by atoms with Crippen LogP contribution in [0, 0.1) is 0 Å². The lowest BCUT2D eigenvalue weighted by molar-refractivity contribution is -0.133. The highest BCUT2D eigenvalue weighted by Crippen LogP contribution is 2.07. The lowest BCUT2D eigenvalue weighted by Crippen LogP contribution is -2.44. The second kappa shape index (κ2) is 7.55. The normalized spacial score (nSPS) is 11.9. The van der Waals surface area contributed by atoms with Crippen LogP contribution in [0.25, 0.3) is 0 Å². The van der Waals surface area contributed by atoms with E-state index >= 15 is 0 Å². The Labute approximate surface area is 125 Å². The van der Waals surface area contributed by atoms with Gasteiger partial charge in [-0.15, -0.1) is 0 Å². The Morgan fingerprint density at radius 1 is 1.19 bits per heavy atom. The molecule has 21 heavy (non-hydrogen) atoms. The molecule has 0 saturated heterocycles. The molecule has 1 atom stereocenters. The fourth-order valence-electron chi connectivity index (χ4n) is 2.22. The molecule has 0 saturated carbocycles. The molecule has 0 aliphatic heterocycles. The van der Waals surface area contributed by atoms with E-state index in [1.165, 1.54) is 0 Å². The van der Waals surface area contributed by atoms with E-state index in [0.717, 1.165) is 11.3 Å². The average Bonchev–Trinajstić information content (AvgIpc) is 2.54. The van der Waals surface area contributed by atoms with Gasteiger partial charge < -0.3 is 10.6 Å². The molecular weight excluding hydrogens is 262 g/mol. The summed E-state index contributed by atoms with van der Waals surface area (Å²) in [4.78, 5) is 18.5. The Morgan fingerprint density at radius 2 is 1.90 bits per heavy atom. The number of rotatable bonds is 6. The molecule has 2 aromatic rings. The molecule has 0 unspecified atom stereocenters. The Kier molecular flexibility index (Phi) is 5.46. The van der Waals surface area contributed by atoms with Crippen molar-refractivity contribution in [3.63, 3.8) is 0 Å².